The number of amides is 2. The minimum Gasteiger partial charge on any atom is -0.481 e. The lowest BCUT2D eigenvalue weighted by atomic mass is 9.96. The number of rotatable bonds is 4. The Balaban J connectivity index is 1.59. The molecule has 0 aliphatic carbocycles. The first kappa shape index (κ1) is 14.1. The molecule has 0 saturated carbocycles. The lowest BCUT2D eigenvalue weighted by Gasteiger charge is -2.39. The largest absolute Gasteiger partial charge is 0.481 e. The first-order chi connectivity index (χ1) is 9.04. The van der Waals surface area contributed by atoms with Gasteiger partial charge in [-0.05, 0) is 38.9 Å². The van der Waals surface area contributed by atoms with Gasteiger partial charge >= 0.3 is 12.0 Å². The third-order valence-electron chi connectivity index (χ3n) is 4.09. The van der Waals surface area contributed by atoms with Crippen molar-refractivity contribution in [1.82, 2.24) is 15.1 Å². The third kappa shape index (κ3) is 4.09. The molecule has 2 heterocycles. The Kier molecular flexibility index (Phi) is 4.63. The molecule has 0 radical (unpaired) electrons. The van der Waals surface area contributed by atoms with Crippen molar-refractivity contribution >= 4 is 12.0 Å². The molecular formula is C13H23N3O3. The van der Waals surface area contributed by atoms with E-state index in [0.29, 0.717) is 19.0 Å². The molecule has 0 aromatic carbocycles. The molecule has 19 heavy (non-hydrogen) atoms. The number of carboxylic acids is 1. The molecular weight excluding hydrogens is 246 g/mol. The Morgan fingerprint density at radius 1 is 1.21 bits per heavy atom. The number of carbonyl (C=O) groups is 2. The number of nitrogens with one attached hydrogen (secondary N) is 1. The summed E-state index contributed by atoms with van der Waals surface area (Å²) in [6, 6.07) is -0.0411. The van der Waals surface area contributed by atoms with Crippen LogP contribution in [0.4, 0.5) is 4.79 Å². The molecule has 0 aromatic heterocycles. The van der Waals surface area contributed by atoms with Crippen molar-refractivity contribution in [2.24, 2.45) is 11.8 Å². The van der Waals surface area contributed by atoms with Crippen LogP contribution < -0.4 is 5.32 Å². The van der Waals surface area contributed by atoms with Gasteiger partial charge in [0.1, 0.15) is 0 Å². The highest BCUT2D eigenvalue weighted by molar-refractivity contribution is 5.75. The Morgan fingerprint density at radius 3 is 2.42 bits per heavy atom. The number of nitrogens with zero attached hydrogens (tertiary/aromatic N) is 2. The molecule has 0 aromatic rings. The fourth-order valence-corrected chi connectivity index (χ4v) is 2.72. The van der Waals surface area contributed by atoms with E-state index in [0.717, 1.165) is 32.5 Å². The summed E-state index contributed by atoms with van der Waals surface area (Å²) < 4.78 is 0. The zero-order valence-corrected chi connectivity index (χ0v) is 11.5. The molecule has 0 bridgehead atoms. The third-order valence-corrected chi connectivity index (χ3v) is 4.09. The van der Waals surface area contributed by atoms with Gasteiger partial charge in [0.25, 0.3) is 0 Å². The number of carboxylic acid groups (broad SMARTS) is 1. The van der Waals surface area contributed by atoms with Crippen LogP contribution in [-0.2, 0) is 4.79 Å². The molecule has 2 N–H and O–H groups in total. The van der Waals surface area contributed by atoms with Crippen molar-refractivity contribution < 1.29 is 14.7 Å². The maximum atomic E-state index is 11.8. The number of hydrogen-bond donors (Lipinski definition) is 2. The van der Waals surface area contributed by atoms with Crippen LogP contribution in [0.5, 0.6) is 0 Å². The molecule has 6 heteroatoms. The molecule has 6 nitrogen and oxygen atoms in total. The van der Waals surface area contributed by atoms with Gasteiger partial charge in [-0.25, -0.2) is 4.79 Å². The predicted octanol–water partition coefficient (Wildman–Crippen LogP) is 0.444. The van der Waals surface area contributed by atoms with Crippen LogP contribution >= 0.6 is 0 Å². The first-order valence-corrected chi connectivity index (χ1v) is 6.97. The lowest BCUT2D eigenvalue weighted by molar-refractivity contribution is -0.139. The summed E-state index contributed by atoms with van der Waals surface area (Å²) >= 11 is 0. The number of carbonyl (C=O) groups excluding carboxylic acids is 1. The maximum absolute atomic E-state index is 11.8. The quantitative estimate of drug-likeness (QED) is 0.777. The zero-order valence-electron chi connectivity index (χ0n) is 11.5. The summed E-state index contributed by atoms with van der Waals surface area (Å²) in [5.41, 5.74) is 0. The Morgan fingerprint density at radius 2 is 1.84 bits per heavy atom. The van der Waals surface area contributed by atoms with Gasteiger partial charge in [-0.15, -0.1) is 0 Å². The van der Waals surface area contributed by atoms with Crippen LogP contribution in [0.2, 0.25) is 0 Å². The van der Waals surface area contributed by atoms with E-state index in [4.69, 9.17) is 5.11 Å². The number of aliphatic carboxylic acids is 1. The van der Waals surface area contributed by atoms with Gasteiger partial charge in [0.2, 0.25) is 0 Å². The highest BCUT2D eigenvalue weighted by Gasteiger charge is 2.32. The topological polar surface area (TPSA) is 72.9 Å². The molecule has 2 aliphatic heterocycles. The van der Waals surface area contributed by atoms with Crippen molar-refractivity contribution in [3.63, 3.8) is 0 Å². The van der Waals surface area contributed by atoms with E-state index in [9.17, 15) is 9.59 Å². The van der Waals surface area contributed by atoms with Crippen LogP contribution in [0.1, 0.15) is 19.3 Å². The van der Waals surface area contributed by atoms with E-state index in [-0.39, 0.29) is 18.4 Å². The monoisotopic (exact) mass is 269 g/mol. The predicted molar refractivity (Wildman–Crippen MR) is 70.9 cm³/mol. The lowest BCUT2D eigenvalue weighted by Crippen LogP contribution is -2.55. The van der Waals surface area contributed by atoms with Crippen molar-refractivity contribution in [3.8, 4) is 0 Å². The zero-order chi connectivity index (χ0) is 13.8. The maximum Gasteiger partial charge on any atom is 0.317 e. The van der Waals surface area contributed by atoms with Crippen molar-refractivity contribution in [1.29, 1.82) is 0 Å². The summed E-state index contributed by atoms with van der Waals surface area (Å²) in [5, 5.41) is 11.6. The van der Waals surface area contributed by atoms with Gasteiger partial charge in [-0.2, -0.15) is 0 Å². The molecule has 2 amide bonds. The Labute approximate surface area is 113 Å². The fraction of sp³-hybridized carbons (Fsp3) is 0.846. The Hall–Kier alpha value is -1.30. The van der Waals surface area contributed by atoms with E-state index in [2.05, 4.69) is 17.3 Å². The number of piperidine rings is 1. The van der Waals surface area contributed by atoms with Gasteiger partial charge < -0.3 is 20.2 Å². The molecule has 0 atom stereocenters. The molecule has 2 fully saturated rings. The van der Waals surface area contributed by atoms with Crippen molar-refractivity contribution in [2.45, 2.75) is 19.3 Å². The summed E-state index contributed by atoms with van der Waals surface area (Å²) in [7, 11) is 2.12. The SMILES string of the molecule is CN1CCC(CNC(=O)N2CC(CC(=O)O)C2)CC1. The molecule has 2 aliphatic rings. The van der Waals surface area contributed by atoms with E-state index in [1.54, 1.807) is 4.90 Å². The molecule has 108 valence electrons. The fourth-order valence-electron chi connectivity index (χ4n) is 2.72. The first-order valence-electron chi connectivity index (χ1n) is 6.97. The average molecular weight is 269 g/mol. The van der Waals surface area contributed by atoms with E-state index in [1.165, 1.54) is 0 Å². The number of urea groups is 1. The van der Waals surface area contributed by atoms with Crippen LogP contribution in [0.15, 0.2) is 0 Å². The van der Waals surface area contributed by atoms with E-state index in [1.807, 2.05) is 0 Å². The Bertz CT molecular complexity index is 334. The van der Waals surface area contributed by atoms with Gasteiger partial charge in [0.05, 0.1) is 6.42 Å². The number of likely N-dealkylation sites (tertiary alicyclic amines) is 2. The highest BCUT2D eigenvalue weighted by atomic mass is 16.4. The second kappa shape index (κ2) is 6.23. The molecule has 2 rings (SSSR count). The van der Waals surface area contributed by atoms with Crippen molar-refractivity contribution in [3.05, 3.63) is 0 Å². The van der Waals surface area contributed by atoms with Crippen LogP contribution in [0.25, 0.3) is 0 Å². The summed E-state index contributed by atoms with van der Waals surface area (Å²) in [6.45, 7) is 4.10. The minimum atomic E-state index is -0.781. The minimum absolute atomic E-state index is 0.0411. The van der Waals surface area contributed by atoms with E-state index < -0.39 is 5.97 Å². The summed E-state index contributed by atoms with van der Waals surface area (Å²) in [6.07, 6.45) is 2.44. The number of hydrogen-bond acceptors (Lipinski definition) is 3. The van der Waals surface area contributed by atoms with Gasteiger partial charge in [-0.1, -0.05) is 0 Å². The van der Waals surface area contributed by atoms with Gasteiger partial charge in [0, 0.05) is 25.6 Å². The molecule has 2 saturated heterocycles. The second-order valence-electron chi connectivity index (χ2n) is 5.80. The van der Waals surface area contributed by atoms with E-state index >= 15 is 0 Å². The smallest absolute Gasteiger partial charge is 0.317 e. The van der Waals surface area contributed by atoms with Crippen LogP contribution in [-0.4, -0.2) is 66.7 Å². The summed E-state index contributed by atoms with van der Waals surface area (Å²) in [5.74, 6) is -0.0702. The summed E-state index contributed by atoms with van der Waals surface area (Å²) in [4.78, 5) is 26.3. The van der Waals surface area contributed by atoms with Crippen LogP contribution in [0.3, 0.4) is 0 Å². The second-order valence-corrected chi connectivity index (χ2v) is 5.80. The molecule has 0 unspecified atom stereocenters. The highest BCUT2D eigenvalue weighted by Crippen LogP contribution is 2.19. The van der Waals surface area contributed by atoms with Crippen molar-refractivity contribution in [2.75, 3.05) is 39.8 Å². The standard InChI is InChI=1S/C13H23N3O3/c1-15-4-2-10(3-5-15)7-14-13(19)16-8-11(9-16)6-12(17)18/h10-11H,2-9H2,1H3,(H,14,19)(H,17,18). The van der Waals surface area contributed by atoms with Gasteiger partial charge in [0.15, 0.2) is 0 Å². The normalized spacial score (nSPS) is 22.1. The van der Waals surface area contributed by atoms with Crippen LogP contribution in [0, 0.1) is 11.8 Å². The average Bonchev–Trinajstić information content (AvgIpc) is 2.32. The van der Waals surface area contributed by atoms with Gasteiger partial charge in [-0.3, -0.25) is 4.79 Å². The molecule has 0 spiro atoms.